The molecule has 0 saturated carbocycles. The van der Waals surface area contributed by atoms with Gasteiger partial charge in [-0.25, -0.2) is 0 Å². The van der Waals surface area contributed by atoms with Crippen LogP contribution in [-0.4, -0.2) is 31.9 Å². The first-order valence-corrected chi connectivity index (χ1v) is 8.46. The number of rotatable bonds is 7. The molecule has 2 heterocycles. The van der Waals surface area contributed by atoms with E-state index in [1.807, 2.05) is 0 Å². The molecule has 2 aliphatic heterocycles. The van der Waals surface area contributed by atoms with Crippen LogP contribution in [0.3, 0.4) is 0 Å². The second-order valence-corrected chi connectivity index (χ2v) is 6.19. The van der Waals surface area contributed by atoms with Gasteiger partial charge < -0.3 is 14.8 Å². The van der Waals surface area contributed by atoms with E-state index in [9.17, 15) is 0 Å². The van der Waals surface area contributed by atoms with Gasteiger partial charge in [-0.3, -0.25) is 0 Å². The van der Waals surface area contributed by atoms with E-state index < -0.39 is 0 Å². The number of fused-ring (bicyclic) bond motifs is 1. The normalized spacial score (nSPS) is 22.0. The molecule has 1 aromatic carbocycles. The first-order chi connectivity index (χ1) is 10.4. The molecule has 0 aromatic heterocycles. The van der Waals surface area contributed by atoms with Gasteiger partial charge in [-0.15, -0.1) is 0 Å². The maximum Gasteiger partial charge on any atom is 0.122 e. The van der Waals surface area contributed by atoms with Crippen LogP contribution in [-0.2, 0) is 17.6 Å². The van der Waals surface area contributed by atoms with E-state index in [4.69, 9.17) is 9.47 Å². The van der Waals surface area contributed by atoms with E-state index in [1.54, 1.807) is 0 Å². The zero-order valence-electron chi connectivity index (χ0n) is 13.1. The van der Waals surface area contributed by atoms with Crippen LogP contribution >= 0.6 is 0 Å². The van der Waals surface area contributed by atoms with Crippen molar-refractivity contribution < 1.29 is 9.47 Å². The Labute approximate surface area is 128 Å². The van der Waals surface area contributed by atoms with Crippen LogP contribution < -0.4 is 10.1 Å². The Morgan fingerprint density at radius 2 is 2.29 bits per heavy atom. The molecule has 2 unspecified atom stereocenters. The van der Waals surface area contributed by atoms with Crippen molar-refractivity contribution in [2.24, 2.45) is 0 Å². The van der Waals surface area contributed by atoms with Gasteiger partial charge in [0.05, 0.1) is 12.7 Å². The molecule has 2 aliphatic rings. The predicted molar refractivity (Wildman–Crippen MR) is 85.0 cm³/mol. The Morgan fingerprint density at radius 3 is 3.10 bits per heavy atom. The van der Waals surface area contributed by atoms with Gasteiger partial charge in [0.1, 0.15) is 5.75 Å². The maximum absolute atomic E-state index is 5.89. The van der Waals surface area contributed by atoms with Gasteiger partial charge in [0, 0.05) is 19.1 Å². The molecule has 21 heavy (non-hydrogen) atoms. The van der Waals surface area contributed by atoms with Crippen molar-refractivity contribution in [3.63, 3.8) is 0 Å². The molecule has 3 rings (SSSR count). The molecule has 0 spiro atoms. The lowest BCUT2D eigenvalue weighted by molar-refractivity contribution is 0.0757. The average Bonchev–Trinajstić information content (AvgIpc) is 3.18. The molecule has 116 valence electrons. The summed E-state index contributed by atoms with van der Waals surface area (Å²) in [5.74, 6) is 1.08. The maximum atomic E-state index is 5.89. The summed E-state index contributed by atoms with van der Waals surface area (Å²) in [6.07, 6.45) is 7.35. The highest BCUT2D eigenvalue weighted by atomic mass is 16.5. The van der Waals surface area contributed by atoms with Crippen LogP contribution in [0, 0.1) is 0 Å². The van der Waals surface area contributed by atoms with Gasteiger partial charge in [0.15, 0.2) is 0 Å². The molecule has 0 aliphatic carbocycles. The topological polar surface area (TPSA) is 30.5 Å². The Kier molecular flexibility index (Phi) is 5.15. The van der Waals surface area contributed by atoms with E-state index in [1.165, 1.54) is 30.4 Å². The molecule has 1 N–H and O–H groups in total. The highest BCUT2D eigenvalue weighted by Gasteiger charge is 2.25. The standard InChI is InChI=1S/C18H27NO2/c1-2-10-19-16(18-4-3-11-20-18)7-5-14-6-8-17-15(13-14)9-12-21-17/h6,8,13,16,18-19H,2-5,7,9-12H2,1H3. The fraction of sp³-hybridized carbons (Fsp3) is 0.667. The van der Waals surface area contributed by atoms with Gasteiger partial charge in [-0.05, 0) is 55.8 Å². The molecular weight excluding hydrogens is 262 g/mol. The molecule has 0 radical (unpaired) electrons. The van der Waals surface area contributed by atoms with Crippen LogP contribution in [0.4, 0.5) is 0 Å². The second kappa shape index (κ2) is 7.28. The molecule has 2 atom stereocenters. The van der Waals surface area contributed by atoms with Crippen molar-refractivity contribution in [3.05, 3.63) is 29.3 Å². The highest BCUT2D eigenvalue weighted by molar-refractivity contribution is 5.39. The zero-order chi connectivity index (χ0) is 14.5. The smallest absolute Gasteiger partial charge is 0.122 e. The first-order valence-electron chi connectivity index (χ1n) is 8.46. The summed E-state index contributed by atoms with van der Waals surface area (Å²) in [7, 11) is 0. The third kappa shape index (κ3) is 3.78. The van der Waals surface area contributed by atoms with E-state index in [-0.39, 0.29) is 0 Å². The molecule has 1 fully saturated rings. The van der Waals surface area contributed by atoms with Crippen molar-refractivity contribution in [2.45, 2.75) is 57.6 Å². The van der Waals surface area contributed by atoms with Crippen LogP contribution in [0.15, 0.2) is 18.2 Å². The lowest BCUT2D eigenvalue weighted by atomic mass is 9.98. The quantitative estimate of drug-likeness (QED) is 0.836. The van der Waals surface area contributed by atoms with E-state index >= 15 is 0 Å². The van der Waals surface area contributed by atoms with Crippen molar-refractivity contribution in [1.29, 1.82) is 0 Å². The van der Waals surface area contributed by atoms with Gasteiger partial charge in [0.25, 0.3) is 0 Å². The fourth-order valence-electron chi connectivity index (χ4n) is 3.39. The largest absolute Gasteiger partial charge is 0.493 e. The summed E-state index contributed by atoms with van der Waals surface area (Å²) in [5.41, 5.74) is 2.81. The number of hydrogen-bond acceptors (Lipinski definition) is 3. The fourth-order valence-corrected chi connectivity index (χ4v) is 3.39. The van der Waals surface area contributed by atoms with E-state index in [0.29, 0.717) is 12.1 Å². The van der Waals surface area contributed by atoms with Crippen LogP contribution in [0.2, 0.25) is 0 Å². The monoisotopic (exact) mass is 289 g/mol. The number of hydrogen-bond donors (Lipinski definition) is 1. The Morgan fingerprint density at radius 1 is 1.33 bits per heavy atom. The summed E-state index contributed by atoms with van der Waals surface area (Å²) in [4.78, 5) is 0. The van der Waals surface area contributed by atoms with Crippen molar-refractivity contribution in [2.75, 3.05) is 19.8 Å². The van der Waals surface area contributed by atoms with Gasteiger partial charge in [0.2, 0.25) is 0 Å². The lowest BCUT2D eigenvalue weighted by Crippen LogP contribution is -2.40. The van der Waals surface area contributed by atoms with Crippen molar-refractivity contribution in [1.82, 2.24) is 5.32 Å². The molecule has 1 aromatic rings. The van der Waals surface area contributed by atoms with Crippen LogP contribution in [0.25, 0.3) is 0 Å². The number of nitrogens with one attached hydrogen (secondary N) is 1. The predicted octanol–water partition coefficient (Wildman–Crippen LogP) is 3.10. The van der Waals surface area contributed by atoms with Gasteiger partial charge in [-0.1, -0.05) is 19.1 Å². The molecule has 0 amide bonds. The lowest BCUT2D eigenvalue weighted by Gasteiger charge is -2.24. The zero-order valence-corrected chi connectivity index (χ0v) is 13.1. The van der Waals surface area contributed by atoms with E-state index in [2.05, 4.69) is 30.4 Å². The summed E-state index contributed by atoms with van der Waals surface area (Å²) in [5, 5.41) is 3.68. The number of ether oxygens (including phenoxy) is 2. The summed E-state index contributed by atoms with van der Waals surface area (Å²) < 4.78 is 11.5. The van der Waals surface area contributed by atoms with Gasteiger partial charge >= 0.3 is 0 Å². The first kappa shape index (κ1) is 14.9. The Balaban J connectivity index is 1.57. The summed E-state index contributed by atoms with van der Waals surface area (Å²) in [6.45, 7) is 5.09. The summed E-state index contributed by atoms with van der Waals surface area (Å²) >= 11 is 0. The van der Waals surface area contributed by atoms with Gasteiger partial charge in [-0.2, -0.15) is 0 Å². The minimum Gasteiger partial charge on any atom is -0.493 e. The second-order valence-electron chi connectivity index (χ2n) is 6.19. The van der Waals surface area contributed by atoms with Crippen LogP contribution in [0.5, 0.6) is 5.75 Å². The van der Waals surface area contributed by atoms with Crippen molar-refractivity contribution >= 4 is 0 Å². The molecule has 0 bridgehead atoms. The van der Waals surface area contributed by atoms with Crippen LogP contribution in [0.1, 0.15) is 43.7 Å². The SMILES string of the molecule is CCCNC(CCc1ccc2c(c1)CCO2)C1CCCO1. The third-order valence-corrected chi connectivity index (χ3v) is 4.57. The molecule has 3 heteroatoms. The minimum atomic E-state index is 0.411. The number of benzene rings is 1. The molecular formula is C18H27NO2. The molecule has 3 nitrogen and oxygen atoms in total. The number of aryl methyl sites for hydroxylation is 1. The third-order valence-electron chi connectivity index (χ3n) is 4.57. The van der Waals surface area contributed by atoms with Crippen molar-refractivity contribution in [3.8, 4) is 5.75 Å². The Hall–Kier alpha value is -1.06. The van der Waals surface area contributed by atoms with E-state index in [0.717, 1.165) is 44.8 Å². The average molecular weight is 289 g/mol. The summed E-state index contributed by atoms with van der Waals surface area (Å²) in [6, 6.07) is 7.18. The highest BCUT2D eigenvalue weighted by Crippen LogP contribution is 2.27. The Bertz CT molecular complexity index is 455. The molecule has 1 saturated heterocycles. The minimum absolute atomic E-state index is 0.411.